The van der Waals surface area contributed by atoms with E-state index in [9.17, 15) is 26.4 Å². The van der Waals surface area contributed by atoms with Crippen LogP contribution in [-0.4, -0.2) is 48.3 Å². The molecule has 0 fully saturated rings. The van der Waals surface area contributed by atoms with E-state index in [1.54, 1.807) is 24.3 Å². The van der Waals surface area contributed by atoms with Crippen molar-refractivity contribution in [2.24, 2.45) is 0 Å². The van der Waals surface area contributed by atoms with E-state index in [4.69, 9.17) is 0 Å². The van der Waals surface area contributed by atoms with E-state index < -0.39 is 27.8 Å². The number of nitrogens with zero attached hydrogens (tertiary/aromatic N) is 3. The first kappa shape index (κ1) is 19.9. The molecule has 2 rings (SSSR count). The lowest BCUT2D eigenvalue weighted by Crippen LogP contribution is -2.37. The zero-order chi connectivity index (χ0) is 19.5. The van der Waals surface area contributed by atoms with Crippen LogP contribution in [0, 0.1) is 0 Å². The Morgan fingerprint density at radius 3 is 2.35 bits per heavy atom. The number of carbonyl (C=O) groups is 1. The van der Waals surface area contributed by atoms with Crippen molar-refractivity contribution in [3.8, 4) is 5.69 Å². The zero-order valence-electron chi connectivity index (χ0n) is 14.0. The molecule has 2 aromatic rings. The molecule has 0 unspecified atom stereocenters. The van der Waals surface area contributed by atoms with Gasteiger partial charge in [-0.05, 0) is 23.8 Å². The summed E-state index contributed by atoms with van der Waals surface area (Å²) in [5, 5.41) is 6.04. The molecule has 0 aliphatic rings. The summed E-state index contributed by atoms with van der Waals surface area (Å²) >= 11 is 0. The van der Waals surface area contributed by atoms with Gasteiger partial charge in [0.1, 0.15) is 0 Å². The zero-order valence-corrected chi connectivity index (χ0v) is 14.8. The number of alkyl halides is 3. The van der Waals surface area contributed by atoms with Crippen molar-refractivity contribution in [1.82, 2.24) is 19.4 Å². The minimum absolute atomic E-state index is 0.156. The lowest BCUT2D eigenvalue weighted by Gasteiger charge is -2.13. The summed E-state index contributed by atoms with van der Waals surface area (Å²) in [6, 6.07) is 7.27. The molecule has 1 heterocycles. The maximum absolute atomic E-state index is 12.6. The molecule has 7 nitrogen and oxygen atoms in total. The van der Waals surface area contributed by atoms with Crippen molar-refractivity contribution in [2.45, 2.75) is 12.7 Å². The molecular weight excluding hydrogens is 373 g/mol. The number of nitrogens with one attached hydrogen (secondary N) is 1. The summed E-state index contributed by atoms with van der Waals surface area (Å²) < 4.78 is 62.2. The lowest BCUT2D eigenvalue weighted by atomic mass is 10.2. The molecule has 142 valence electrons. The first-order chi connectivity index (χ1) is 12.0. The van der Waals surface area contributed by atoms with Gasteiger partial charge < -0.3 is 5.32 Å². The number of carbonyl (C=O) groups excluding carboxylic acids is 1. The number of hydrogen-bond acceptors (Lipinski definition) is 4. The van der Waals surface area contributed by atoms with Crippen LogP contribution in [0.5, 0.6) is 0 Å². The molecule has 11 heteroatoms. The fourth-order valence-corrected chi connectivity index (χ4v) is 2.31. The van der Waals surface area contributed by atoms with Gasteiger partial charge in [-0.2, -0.15) is 22.6 Å². The van der Waals surface area contributed by atoms with Gasteiger partial charge in [-0.25, -0.2) is 13.1 Å². The Bertz CT molecular complexity index is 876. The van der Waals surface area contributed by atoms with Crippen LogP contribution in [0.4, 0.5) is 13.2 Å². The topological polar surface area (TPSA) is 84.3 Å². The van der Waals surface area contributed by atoms with Gasteiger partial charge in [-0.3, -0.25) is 4.79 Å². The number of likely N-dealkylation sites (N-methyl/N-ethyl adjacent to an activating group) is 1. The van der Waals surface area contributed by atoms with Crippen LogP contribution in [0.1, 0.15) is 11.3 Å². The van der Waals surface area contributed by atoms with Gasteiger partial charge in [0.15, 0.2) is 5.69 Å². The largest absolute Gasteiger partial charge is 0.435 e. The van der Waals surface area contributed by atoms with Crippen molar-refractivity contribution in [2.75, 3.05) is 19.8 Å². The highest BCUT2D eigenvalue weighted by Gasteiger charge is 2.33. The standard InChI is InChI=1S/C15H17F3N4O3S/c1-21(26(2,24)25)10-14(23)19-9-11-3-5-12(6-4-11)22-8-7-13(20-22)15(16,17)18/h3-8H,9-10H2,1-2H3,(H,19,23). The van der Waals surface area contributed by atoms with Crippen molar-refractivity contribution in [3.05, 3.63) is 47.8 Å². The van der Waals surface area contributed by atoms with Crippen LogP contribution in [0.15, 0.2) is 36.5 Å². The number of amides is 1. The predicted octanol–water partition coefficient (Wildman–Crippen LogP) is 1.40. The van der Waals surface area contributed by atoms with Gasteiger partial charge in [0.05, 0.1) is 18.5 Å². The van der Waals surface area contributed by atoms with Gasteiger partial charge in [-0.1, -0.05) is 12.1 Å². The Hall–Kier alpha value is -2.40. The molecule has 1 amide bonds. The molecule has 1 N–H and O–H groups in total. The van der Waals surface area contributed by atoms with Crippen LogP contribution >= 0.6 is 0 Å². The third-order valence-electron chi connectivity index (χ3n) is 3.50. The Balaban J connectivity index is 1.95. The molecule has 1 aromatic carbocycles. The second kappa shape index (κ2) is 7.46. The van der Waals surface area contributed by atoms with E-state index >= 15 is 0 Å². The van der Waals surface area contributed by atoms with E-state index in [0.29, 0.717) is 11.3 Å². The summed E-state index contributed by atoms with van der Waals surface area (Å²) in [6.45, 7) is -0.145. The monoisotopic (exact) mass is 390 g/mol. The summed E-state index contributed by atoms with van der Waals surface area (Å²) in [7, 11) is -2.15. The Morgan fingerprint density at radius 2 is 1.85 bits per heavy atom. The number of benzene rings is 1. The van der Waals surface area contributed by atoms with Crippen molar-refractivity contribution in [3.63, 3.8) is 0 Å². The molecular formula is C15H17F3N4O3S. The molecule has 1 aromatic heterocycles. The predicted molar refractivity (Wildman–Crippen MR) is 87.9 cm³/mol. The minimum Gasteiger partial charge on any atom is -0.351 e. The first-order valence-corrected chi connectivity index (χ1v) is 9.22. The van der Waals surface area contributed by atoms with Crippen LogP contribution in [-0.2, 0) is 27.5 Å². The Morgan fingerprint density at radius 1 is 1.23 bits per heavy atom. The molecule has 0 aliphatic heterocycles. The highest BCUT2D eigenvalue weighted by Crippen LogP contribution is 2.27. The summed E-state index contributed by atoms with van der Waals surface area (Å²) in [6.07, 6.45) is -2.30. The summed E-state index contributed by atoms with van der Waals surface area (Å²) in [5.74, 6) is -0.469. The smallest absolute Gasteiger partial charge is 0.351 e. The van der Waals surface area contributed by atoms with Crippen LogP contribution in [0.25, 0.3) is 5.69 Å². The number of rotatable bonds is 6. The molecule has 0 aliphatic carbocycles. The molecule has 0 bridgehead atoms. The maximum Gasteiger partial charge on any atom is 0.435 e. The average Bonchev–Trinajstić information content (AvgIpc) is 3.02. The normalized spacial score (nSPS) is 12.4. The average molecular weight is 390 g/mol. The number of halogens is 3. The molecule has 0 radical (unpaired) electrons. The van der Waals surface area contributed by atoms with Crippen molar-refractivity contribution < 1.29 is 26.4 Å². The van der Waals surface area contributed by atoms with Gasteiger partial charge in [0, 0.05) is 19.8 Å². The summed E-state index contributed by atoms with van der Waals surface area (Å²) in [5.41, 5.74) is 0.156. The Kier molecular flexibility index (Phi) is 5.71. The number of aromatic nitrogens is 2. The minimum atomic E-state index is -4.51. The molecule has 0 saturated carbocycles. The van der Waals surface area contributed by atoms with Gasteiger partial charge in [-0.15, -0.1) is 0 Å². The number of sulfonamides is 1. The summed E-state index contributed by atoms with van der Waals surface area (Å²) in [4.78, 5) is 11.7. The quantitative estimate of drug-likeness (QED) is 0.808. The van der Waals surface area contributed by atoms with Gasteiger partial charge >= 0.3 is 6.18 Å². The first-order valence-electron chi connectivity index (χ1n) is 7.37. The van der Waals surface area contributed by atoms with Crippen molar-refractivity contribution >= 4 is 15.9 Å². The molecule has 0 spiro atoms. The SMILES string of the molecule is CN(CC(=O)NCc1ccc(-n2ccc(C(F)(F)F)n2)cc1)S(C)(=O)=O. The second-order valence-electron chi connectivity index (χ2n) is 5.61. The van der Waals surface area contributed by atoms with E-state index in [0.717, 1.165) is 21.3 Å². The lowest BCUT2D eigenvalue weighted by molar-refractivity contribution is -0.141. The molecule has 26 heavy (non-hydrogen) atoms. The van der Waals surface area contributed by atoms with E-state index in [1.807, 2.05) is 0 Å². The highest BCUT2D eigenvalue weighted by molar-refractivity contribution is 7.88. The van der Waals surface area contributed by atoms with Gasteiger partial charge in [0.25, 0.3) is 0 Å². The van der Waals surface area contributed by atoms with Gasteiger partial charge in [0.2, 0.25) is 15.9 Å². The third kappa shape index (κ3) is 5.30. The third-order valence-corrected chi connectivity index (χ3v) is 4.76. The highest BCUT2D eigenvalue weighted by atomic mass is 32.2. The molecule has 0 saturated heterocycles. The Labute approximate surface area is 148 Å². The number of hydrogen-bond donors (Lipinski definition) is 1. The molecule has 0 atom stereocenters. The second-order valence-corrected chi connectivity index (χ2v) is 7.69. The fraction of sp³-hybridized carbons (Fsp3) is 0.333. The maximum atomic E-state index is 12.6. The van der Waals surface area contributed by atoms with E-state index in [2.05, 4.69) is 10.4 Å². The fourth-order valence-electron chi connectivity index (χ4n) is 1.96. The van der Waals surface area contributed by atoms with E-state index in [1.165, 1.54) is 13.2 Å². The van der Waals surface area contributed by atoms with Crippen LogP contribution in [0.3, 0.4) is 0 Å². The van der Waals surface area contributed by atoms with E-state index in [-0.39, 0.29) is 13.1 Å². The van der Waals surface area contributed by atoms with Crippen LogP contribution in [0.2, 0.25) is 0 Å². The van der Waals surface area contributed by atoms with Crippen LogP contribution < -0.4 is 5.32 Å². The van der Waals surface area contributed by atoms with Crippen molar-refractivity contribution in [1.29, 1.82) is 0 Å².